The van der Waals surface area contributed by atoms with Crippen LogP contribution in [0.25, 0.3) is 0 Å². The van der Waals surface area contributed by atoms with E-state index in [9.17, 15) is 18.0 Å². The Bertz CT molecular complexity index is 1410. The average Bonchev–Trinajstić information content (AvgIpc) is 3.21. The first-order valence-electron chi connectivity index (χ1n) is 12.6. The van der Waals surface area contributed by atoms with Crippen LogP contribution in [0.1, 0.15) is 78.6 Å². The first kappa shape index (κ1) is 30.3. The highest BCUT2D eigenvalue weighted by Crippen LogP contribution is 2.45. The topological polar surface area (TPSA) is 152 Å². The zero-order valence-electron chi connectivity index (χ0n) is 22.8. The predicted molar refractivity (Wildman–Crippen MR) is 148 cm³/mol. The molecule has 0 saturated carbocycles. The van der Waals surface area contributed by atoms with E-state index in [-0.39, 0.29) is 48.5 Å². The summed E-state index contributed by atoms with van der Waals surface area (Å²) in [5.74, 6) is -1.01. The fourth-order valence-electron chi connectivity index (χ4n) is 4.84. The van der Waals surface area contributed by atoms with Gasteiger partial charge in [0, 0.05) is 47.4 Å². The molecule has 208 valence electrons. The van der Waals surface area contributed by atoms with Crippen LogP contribution in [0.2, 0.25) is 0 Å². The van der Waals surface area contributed by atoms with Crippen molar-refractivity contribution in [3.63, 3.8) is 0 Å². The van der Waals surface area contributed by atoms with E-state index >= 15 is 0 Å². The number of thiophene rings is 1. The molecular weight excluding hydrogens is 538 g/mol. The van der Waals surface area contributed by atoms with Crippen molar-refractivity contribution in [1.82, 2.24) is 9.62 Å². The van der Waals surface area contributed by atoms with Crippen molar-refractivity contribution in [2.75, 3.05) is 25.0 Å². The monoisotopic (exact) mass is 571 g/mol. The Morgan fingerprint density at radius 3 is 2.23 bits per heavy atom. The Kier molecular flexibility index (Phi) is 9.19. The lowest BCUT2D eigenvalue weighted by molar-refractivity contribution is 0.0525. The number of ether oxygens (including phenoxy) is 1. The molecule has 3 rings (SSSR count). The molecule has 0 radical (unpaired) electrons. The molecule has 39 heavy (non-hydrogen) atoms. The molecule has 0 atom stereocenters. The van der Waals surface area contributed by atoms with Gasteiger partial charge in [-0.2, -0.15) is 14.8 Å². The maximum Gasteiger partial charge on any atom is 0.341 e. The standard InChI is InChI=1S/C27H33N5O5S2/c1-6-37-25(34)21-20-17-26(2,3)31-27(4,5)22(20)38-24(21)30-23(33)18-9-11-19(12-10-18)39(35,36)32(15-7-13-28)16-8-14-29/h9-12,31H,6-8,15-17H2,1-5H3,(H,30,33). The van der Waals surface area contributed by atoms with Gasteiger partial charge >= 0.3 is 5.97 Å². The van der Waals surface area contributed by atoms with Gasteiger partial charge in [0.05, 0.1) is 29.2 Å². The largest absolute Gasteiger partial charge is 0.462 e. The number of hydrogen-bond acceptors (Lipinski definition) is 9. The van der Waals surface area contributed by atoms with Crippen LogP contribution in [0.15, 0.2) is 29.2 Å². The van der Waals surface area contributed by atoms with Crippen molar-refractivity contribution < 1.29 is 22.7 Å². The van der Waals surface area contributed by atoms with Gasteiger partial charge in [0.15, 0.2) is 0 Å². The van der Waals surface area contributed by atoms with Gasteiger partial charge in [-0.1, -0.05) is 0 Å². The minimum absolute atomic E-state index is 0.0117. The minimum atomic E-state index is -3.96. The van der Waals surface area contributed by atoms with Crippen LogP contribution < -0.4 is 10.6 Å². The number of carbonyl (C=O) groups excluding carboxylic acids is 2. The summed E-state index contributed by atoms with van der Waals surface area (Å²) < 4.78 is 32.6. The molecule has 2 N–H and O–H groups in total. The summed E-state index contributed by atoms with van der Waals surface area (Å²) in [6, 6.07) is 9.24. The van der Waals surface area contributed by atoms with E-state index in [0.29, 0.717) is 17.0 Å². The third-order valence-corrected chi connectivity index (χ3v) is 9.64. The lowest BCUT2D eigenvalue weighted by Crippen LogP contribution is -2.55. The van der Waals surface area contributed by atoms with Crippen LogP contribution in [0.3, 0.4) is 0 Å². The molecule has 2 heterocycles. The lowest BCUT2D eigenvalue weighted by atomic mass is 9.81. The Morgan fingerprint density at radius 1 is 1.10 bits per heavy atom. The Hall–Kier alpha value is -3.29. The zero-order chi connectivity index (χ0) is 29.0. The number of nitriles is 2. The van der Waals surface area contributed by atoms with E-state index < -0.39 is 27.4 Å². The quantitative estimate of drug-likeness (QED) is 0.403. The molecule has 0 aliphatic carbocycles. The summed E-state index contributed by atoms with van der Waals surface area (Å²) in [5.41, 5.74) is 0.672. The molecule has 0 saturated heterocycles. The summed E-state index contributed by atoms with van der Waals surface area (Å²) in [5, 5.41) is 24.6. The first-order chi connectivity index (χ1) is 18.3. The van der Waals surface area contributed by atoms with Crippen molar-refractivity contribution in [2.45, 2.75) is 69.9 Å². The lowest BCUT2D eigenvalue weighted by Gasteiger charge is -2.42. The highest BCUT2D eigenvalue weighted by atomic mass is 32.2. The summed E-state index contributed by atoms with van der Waals surface area (Å²) in [6.07, 6.45) is 0.553. The third kappa shape index (κ3) is 6.65. The normalized spacial score (nSPS) is 15.6. The first-order valence-corrected chi connectivity index (χ1v) is 14.8. The van der Waals surface area contributed by atoms with Gasteiger partial charge in [0.1, 0.15) is 5.00 Å². The predicted octanol–water partition coefficient (Wildman–Crippen LogP) is 4.15. The maximum absolute atomic E-state index is 13.2. The smallest absolute Gasteiger partial charge is 0.341 e. The Balaban J connectivity index is 1.92. The summed E-state index contributed by atoms with van der Waals surface area (Å²) in [4.78, 5) is 27.1. The number of amides is 1. The molecule has 0 fully saturated rings. The zero-order valence-corrected chi connectivity index (χ0v) is 24.4. The summed E-state index contributed by atoms with van der Waals surface area (Å²) in [6.45, 7) is 10.0. The number of rotatable bonds is 10. The van der Waals surface area contributed by atoms with Crippen molar-refractivity contribution in [2.24, 2.45) is 0 Å². The molecule has 0 bridgehead atoms. The molecule has 12 heteroatoms. The molecule has 1 amide bonds. The molecule has 0 spiro atoms. The highest BCUT2D eigenvalue weighted by molar-refractivity contribution is 7.89. The van der Waals surface area contributed by atoms with E-state index in [4.69, 9.17) is 15.3 Å². The number of fused-ring (bicyclic) bond motifs is 1. The molecule has 1 aliphatic heterocycles. The van der Waals surface area contributed by atoms with E-state index in [1.807, 2.05) is 26.0 Å². The van der Waals surface area contributed by atoms with Gasteiger partial charge in [-0.05, 0) is 70.9 Å². The van der Waals surface area contributed by atoms with E-state index in [2.05, 4.69) is 24.5 Å². The van der Waals surface area contributed by atoms with Gasteiger partial charge in [0.25, 0.3) is 5.91 Å². The number of sulfonamides is 1. The van der Waals surface area contributed by atoms with Crippen molar-refractivity contribution in [1.29, 1.82) is 10.5 Å². The van der Waals surface area contributed by atoms with E-state index in [1.54, 1.807) is 6.92 Å². The third-order valence-electron chi connectivity index (χ3n) is 6.25. The van der Waals surface area contributed by atoms with Gasteiger partial charge in [-0.3, -0.25) is 4.79 Å². The molecule has 1 aromatic heterocycles. The number of carbonyl (C=O) groups is 2. The number of hydrogen-bond donors (Lipinski definition) is 2. The van der Waals surface area contributed by atoms with E-state index in [0.717, 1.165) is 14.7 Å². The van der Waals surface area contributed by atoms with Crippen LogP contribution in [0.5, 0.6) is 0 Å². The second-order valence-corrected chi connectivity index (χ2v) is 13.3. The van der Waals surface area contributed by atoms with Crippen molar-refractivity contribution in [3.8, 4) is 12.1 Å². The molecule has 0 unspecified atom stereocenters. The van der Waals surface area contributed by atoms with Crippen LogP contribution in [0, 0.1) is 22.7 Å². The minimum Gasteiger partial charge on any atom is -0.462 e. The Labute approximate surface area is 233 Å². The number of benzene rings is 1. The molecule has 10 nitrogen and oxygen atoms in total. The molecule has 1 aromatic carbocycles. The van der Waals surface area contributed by atoms with Gasteiger partial charge < -0.3 is 15.4 Å². The van der Waals surface area contributed by atoms with Gasteiger partial charge in [-0.25, -0.2) is 13.2 Å². The number of esters is 1. The van der Waals surface area contributed by atoms with E-state index in [1.165, 1.54) is 35.6 Å². The highest BCUT2D eigenvalue weighted by Gasteiger charge is 2.42. The number of nitrogens with zero attached hydrogens (tertiary/aromatic N) is 3. The fraction of sp³-hybridized carbons (Fsp3) is 0.481. The van der Waals surface area contributed by atoms with Crippen molar-refractivity contribution in [3.05, 3.63) is 45.8 Å². The second kappa shape index (κ2) is 11.8. The maximum atomic E-state index is 13.2. The SMILES string of the molecule is CCOC(=O)c1c(NC(=O)c2ccc(S(=O)(=O)N(CCC#N)CCC#N)cc2)sc2c1CC(C)(C)NC2(C)C. The average molecular weight is 572 g/mol. The Morgan fingerprint density at radius 2 is 1.69 bits per heavy atom. The summed E-state index contributed by atoms with van der Waals surface area (Å²) >= 11 is 1.32. The van der Waals surface area contributed by atoms with Crippen molar-refractivity contribution >= 4 is 38.2 Å². The molecule has 2 aromatic rings. The summed E-state index contributed by atoms with van der Waals surface area (Å²) in [7, 11) is -3.96. The van der Waals surface area contributed by atoms with Crippen LogP contribution >= 0.6 is 11.3 Å². The molecular formula is C27H33N5O5S2. The molecule has 1 aliphatic rings. The second-order valence-electron chi connectivity index (χ2n) is 10.3. The fourth-order valence-corrected chi connectivity index (χ4v) is 7.54. The number of nitrogens with one attached hydrogen (secondary N) is 2. The number of anilines is 1. The van der Waals surface area contributed by atoms with Crippen LogP contribution in [0.4, 0.5) is 5.00 Å². The van der Waals surface area contributed by atoms with Gasteiger partial charge in [0.2, 0.25) is 10.0 Å². The van der Waals surface area contributed by atoms with Crippen LogP contribution in [-0.2, 0) is 26.7 Å². The van der Waals surface area contributed by atoms with Crippen LogP contribution in [-0.4, -0.2) is 49.8 Å². The van der Waals surface area contributed by atoms with Gasteiger partial charge in [-0.15, -0.1) is 11.3 Å².